The van der Waals surface area contributed by atoms with E-state index in [0.717, 1.165) is 11.0 Å². The predicted molar refractivity (Wildman–Crippen MR) is 91.2 cm³/mol. The smallest absolute Gasteiger partial charge is 0.0946 e. The molecule has 1 aromatic heterocycles. The van der Waals surface area contributed by atoms with Crippen LogP contribution in [0.3, 0.4) is 0 Å². The Morgan fingerprint density at radius 3 is 2.57 bits per heavy atom. The molecule has 1 aromatic carbocycles. The summed E-state index contributed by atoms with van der Waals surface area (Å²) < 4.78 is 3.29. The van der Waals surface area contributed by atoms with Crippen LogP contribution in [-0.2, 0) is 6.54 Å². The second-order valence-electron chi connectivity index (χ2n) is 6.59. The molecule has 4 heteroatoms. The van der Waals surface area contributed by atoms with Gasteiger partial charge < -0.3 is 9.88 Å². The summed E-state index contributed by atoms with van der Waals surface area (Å²) in [4.78, 5) is 4.14. The van der Waals surface area contributed by atoms with Crippen LogP contribution in [0, 0.1) is 5.41 Å². The van der Waals surface area contributed by atoms with Gasteiger partial charge in [0.1, 0.15) is 0 Å². The average Bonchev–Trinajstić information content (AvgIpc) is 2.90. The molecule has 0 aliphatic heterocycles. The standard InChI is InChI=1S/C17H24BrN3/c1-13(14-7-5-6-8-15(14)18)20-16(17(2,3)4)11-21-10-9-19-12-21/h5-10,12-13,16,20H,11H2,1-4H3. The highest BCUT2D eigenvalue weighted by atomic mass is 79.9. The number of imidazole rings is 1. The molecule has 2 aromatic rings. The monoisotopic (exact) mass is 349 g/mol. The van der Waals surface area contributed by atoms with Crippen molar-refractivity contribution in [2.75, 3.05) is 0 Å². The van der Waals surface area contributed by atoms with E-state index < -0.39 is 0 Å². The molecular weight excluding hydrogens is 326 g/mol. The van der Waals surface area contributed by atoms with Gasteiger partial charge in [0, 0.05) is 35.5 Å². The van der Waals surface area contributed by atoms with Crippen LogP contribution in [0.25, 0.3) is 0 Å². The van der Waals surface area contributed by atoms with Crippen molar-refractivity contribution in [3.8, 4) is 0 Å². The third kappa shape index (κ3) is 4.42. The summed E-state index contributed by atoms with van der Waals surface area (Å²) in [6.07, 6.45) is 5.73. The summed E-state index contributed by atoms with van der Waals surface area (Å²) in [5.41, 5.74) is 1.46. The number of halogens is 1. The zero-order valence-electron chi connectivity index (χ0n) is 13.2. The number of nitrogens with zero attached hydrogens (tertiary/aromatic N) is 2. The van der Waals surface area contributed by atoms with Crippen molar-refractivity contribution in [3.05, 3.63) is 53.0 Å². The van der Waals surface area contributed by atoms with Crippen LogP contribution in [0.1, 0.15) is 39.3 Å². The Bertz CT molecular complexity index is 558. The van der Waals surface area contributed by atoms with E-state index in [9.17, 15) is 0 Å². The molecule has 2 rings (SSSR count). The van der Waals surface area contributed by atoms with E-state index in [1.165, 1.54) is 5.56 Å². The van der Waals surface area contributed by atoms with Gasteiger partial charge >= 0.3 is 0 Å². The van der Waals surface area contributed by atoms with Crippen LogP contribution in [0.4, 0.5) is 0 Å². The van der Waals surface area contributed by atoms with Crippen LogP contribution < -0.4 is 5.32 Å². The third-order valence-corrected chi connectivity index (χ3v) is 4.54. The fraction of sp³-hybridized carbons (Fsp3) is 0.471. The fourth-order valence-electron chi connectivity index (χ4n) is 2.40. The molecule has 0 saturated heterocycles. The molecule has 0 aliphatic rings. The van der Waals surface area contributed by atoms with Crippen LogP contribution in [0.2, 0.25) is 0 Å². The molecule has 0 aliphatic carbocycles. The largest absolute Gasteiger partial charge is 0.336 e. The Labute approximate surface area is 135 Å². The number of aromatic nitrogens is 2. The second kappa shape index (κ2) is 6.75. The number of rotatable bonds is 5. The Balaban J connectivity index is 2.13. The molecule has 3 nitrogen and oxygen atoms in total. The first-order valence-corrected chi connectivity index (χ1v) is 8.13. The average molecular weight is 350 g/mol. The molecule has 0 saturated carbocycles. The molecule has 1 N–H and O–H groups in total. The molecule has 1 heterocycles. The molecule has 0 spiro atoms. The maximum atomic E-state index is 4.14. The van der Waals surface area contributed by atoms with Gasteiger partial charge in [-0.2, -0.15) is 0 Å². The quantitative estimate of drug-likeness (QED) is 0.866. The van der Waals surface area contributed by atoms with Gasteiger partial charge in [0.15, 0.2) is 0 Å². The molecule has 0 radical (unpaired) electrons. The highest BCUT2D eigenvalue weighted by molar-refractivity contribution is 9.10. The third-order valence-electron chi connectivity index (χ3n) is 3.82. The van der Waals surface area contributed by atoms with Crippen LogP contribution in [0.5, 0.6) is 0 Å². The lowest BCUT2D eigenvalue weighted by atomic mass is 9.85. The first-order valence-electron chi connectivity index (χ1n) is 7.34. The molecule has 2 atom stereocenters. The van der Waals surface area contributed by atoms with Crippen LogP contribution in [0.15, 0.2) is 47.5 Å². The molecular formula is C17H24BrN3. The number of hydrogen-bond donors (Lipinski definition) is 1. The maximum Gasteiger partial charge on any atom is 0.0946 e. The van der Waals surface area contributed by atoms with Crippen molar-refractivity contribution in [2.24, 2.45) is 5.41 Å². The maximum absolute atomic E-state index is 4.14. The minimum absolute atomic E-state index is 0.166. The minimum atomic E-state index is 0.166. The van der Waals surface area contributed by atoms with Crippen LogP contribution >= 0.6 is 15.9 Å². The van der Waals surface area contributed by atoms with Crippen molar-refractivity contribution >= 4 is 15.9 Å². The zero-order chi connectivity index (χ0) is 15.5. The van der Waals surface area contributed by atoms with Crippen molar-refractivity contribution in [3.63, 3.8) is 0 Å². The predicted octanol–water partition coefficient (Wildman–Crippen LogP) is 4.41. The molecule has 0 fully saturated rings. The van der Waals surface area contributed by atoms with Gasteiger partial charge in [-0.3, -0.25) is 0 Å². The van der Waals surface area contributed by atoms with Gasteiger partial charge in [-0.05, 0) is 24.0 Å². The normalized spacial score (nSPS) is 14.9. The van der Waals surface area contributed by atoms with Gasteiger partial charge in [0.05, 0.1) is 6.33 Å². The van der Waals surface area contributed by atoms with Gasteiger partial charge in [-0.15, -0.1) is 0 Å². The van der Waals surface area contributed by atoms with Crippen molar-refractivity contribution < 1.29 is 0 Å². The SMILES string of the molecule is CC(NC(Cn1ccnc1)C(C)(C)C)c1ccccc1Br. The number of benzene rings is 1. The molecule has 114 valence electrons. The number of nitrogens with one attached hydrogen (secondary N) is 1. The summed E-state index contributed by atoms with van der Waals surface area (Å²) in [6, 6.07) is 9.03. The van der Waals surface area contributed by atoms with E-state index in [-0.39, 0.29) is 11.5 Å². The first kappa shape index (κ1) is 16.2. The molecule has 21 heavy (non-hydrogen) atoms. The van der Waals surface area contributed by atoms with E-state index in [4.69, 9.17) is 0 Å². The highest BCUT2D eigenvalue weighted by Gasteiger charge is 2.26. The summed E-state index contributed by atoms with van der Waals surface area (Å²) in [7, 11) is 0. The van der Waals surface area contributed by atoms with Gasteiger partial charge in [-0.25, -0.2) is 4.98 Å². The first-order chi connectivity index (χ1) is 9.88. The van der Waals surface area contributed by atoms with E-state index in [1.807, 2.05) is 24.8 Å². The van der Waals surface area contributed by atoms with Gasteiger partial charge in [0.2, 0.25) is 0 Å². The second-order valence-corrected chi connectivity index (χ2v) is 7.44. The van der Waals surface area contributed by atoms with E-state index >= 15 is 0 Å². The lowest BCUT2D eigenvalue weighted by molar-refractivity contribution is 0.225. The Hall–Kier alpha value is -1.13. The zero-order valence-corrected chi connectivity index (χ0v) is 14.8. The topological polar surface area (TPSA) is 29.9 Å². The van der Waals surface area contributed by atoms with Crippen molar-refractivity contribution in [1.29, 1.82) is 0 Å². The van der Waals surface area contributed by atoms with Crippen molar-refractivity contribution in [2.45, 2.75) is 46.3 Å². The molecule has 2 unspecified atom stereocenters. The lowest BCUT2D eigenvalue weighted by Gasteiger charge is -2.34. The summed E-state index contributed by atoms with van der Waals surface area (Å²) in [5.74, 6) is 0. The van der Waals surface area contributed by atoms with Gasteiger partial charge in [-0.1, -0.05) is 54.9 Å². The molecule has 0 bridgehead atoms. The van der Waals surface area contributed by atoms with E-state index in [0.29, 0.717) is 6.04 Å². The van der Waals surface area contributed by atoms with E-state index in [2.05, 4.69) is 76.7 Å². The minimum Gasteiger partial charge on any atom is -0.336 e. The summed E-state index contributed by atoms with van der Waals surface area (Å²) in [5, 5.41) is 3.77. The molecule has 0 amide bonds. The Kier molecular flexibility index (Phi) is 5.22. The summed E-state index contributed by atoms with van der Waals surface area (Å²) in [6.45, 7) is 9.95. The highest BCUT2D eigenvalue weighted by Crippen LogP contribution is 2.27. The lowest BCUT2D eigenvalue weighted by Crippen LogP contribution is -2.44. The Morgan fingerprint density at radius 2 is 2.00 bits per heavy atom. The van der Waals surface area contributed by atoms with Crippen LogP contribution in [-0.4, -0.2) is 15.6 Å². The van der Waals surface area contributed by atoms with Gasteiger partial charge in [0.25, 0.3) is 0 Å². The Morgan fingerprint density at radius 1 is 1.29 bits per heavy atom. The number of hydrogen-bond acceptors (Lipinski definition) is 2. The fourth-order valence-corrected chi connectivity index (χ4v) is 3.03. The van der Waals surface area contributed by atoms with Crippen molar-refractivity contribution in [1.82, 2.24) is 14.9 Å². The van der Waals surface area contributed by atoms with E-state index in [1.54, 1.807) is 0 Å². The summed E-state index contributed by atoms with van der Waals surface area (Å²) >= 11 is 3.64.